The van der Waals surface area contributed by atoms with E-state index >= 15 is 0 Å². The van der Waals surface area contributed by atoms with Crippen molar-refractivity contribution in [2.24, 2.45) is 0 Å². The molecule has 2 rings (SSSR count). The second kappa shape index (κ2) is 6.18. The third kappa shape index (κ3) is 3.52. The van der Waals surface area contributed by atoms with Crippen LogP contribution in [0.5, 0.6) is 0 Å². The zero-order valence-electron chi connectivity index (χ0n) is 12.1. The van der Waals surface area contributed by atoms with Gasteiger partial charge in [-0.2, -0.15) is 26.3 Å². The molecule has 0 aliphatic carbocycles. The molecule has 0 saturated carbocycles. The van der Waals surface area contributed by atoms with Crippen LogP contribution >= 0.6 is 0 Å². The number of hydrogen-bond acceptors (Lipinski definition) is 2. The molecule has 0 fully saturated rings. The molecular formula is C16H10F6O2. The second-order valence-corrected chi connectivity index (χ2v) is 4.79. The Kier molecular flexibility index (Phi) is 4.59. The van der Waals surface area contributed by atoms with E-state index in [0.717, 1.165) is 37.4 Å². The molecular weight excluding hydrogens is 338 g/mol. The summed E-state index contributed by atoms with van der Waals surface area (Å²) in [5.41, 5.74) is -3.03. The summed E-state index contributed by atoms with van der Waals surface area (Å²) >= 11 is 0. The van der Waals surface area contributed by atoms with Gasteiger partial charge in [-0.25, -0.2) is 4.79 Å². The van der Waals surface area contributed by atoms with Gasteiger partial charge in [-0.05, 0) is 29.3 Å². The largest absolute Gasteiger partial charge is 0.465 e. The van der Waals surface area contributed by atoms with Crippen LogP contribution in [0.15, 0.2) is 42.5 Å². The number of esters is 1. The van der Waals surface area contributed by atoms with Crippen molar-refractivity contribution in [3.63, 3.8) is 0 Å². The lowest BCUT2D eigenvalue weighted by atomic mass is 9.94. The topological polar surface area (TPSA) is 26.3 Å². The summed E-state index contributed by atoms with van der Waals surface area (Å²) < 4.78 is 81.5. The number of benzene rings is 2. The zero-order chi connectivity index (χ0) is 18.1. The Balaban J connectivity index is 2.64. The van der Waals surface area contributed by atoms with E-state index in [-0.39, 0.29) is 11.1 Å². The molecule has 24 heavy (non-hydrogen) atoms. The van der Waals surface area contributed by atoms with Crippen LogP contribution in [0, 0.1) is 0 Å². The smallest absolute Gasteiger partial charge is 0.417 e. The average molecular weight is 348 g/mol. The van der Waals surface area contributed by atoms with Crippen molar-refractivity contribution < 1.29 is 35.9 Å². The fraction of sp³-hybridized carbons (Fsp3) is 0.188. The number of rotatable bonds is 2. The minimum Gasteiger partial charge on any atom is -0.465 e. The van der Waals surface area contributed by atoms with Gasteiger partial charge >= 0.3 is 18.3 Å². The molecule has 8 heteroatoms. The van der Waals surface area contributed by atoms with Crippen molar-refractivity contribution in [1.82, 2.24) is 0 Å². The van der Waals surface area contributed by atoms with Gasteiger partial charge in [-0.1, -0.05) is 24.3 Å². The third-order valence-corrected chi connectivity index (χ3v) is 3.28. The average Bonchev–Trinajstić information content (AvgIpc) is 2.52. The van der Waals surface area contributed by atoms with E-state index in [4.69, 9.17) is 0 Å². The van der Waals surface area contributed by atoms with Crippen molar-refractivity contribution >= 4 is 5.97 Å². The van der Waals surface area contributed by atoms with E-state index in [0.29, 0.717) is 6.07 Å². The molecule has 0 unspecified atom stereocenters. The van der Waals surface area contributed by atoms with E-state index in [1.54, 1.807) is 0 Å². The summed E-state index contributed by atoms with van der Waals surface area (Å²) in [5.74, 6) is -1.22. The summed E-state index contributed by atoms with van der Waals surface area (Å²) in [6, 6.07) is 6.47. The molecule has 0 N–H and O–H groups in total. The summed E-state index contributed by atoms with van der Waals surface area (Å²) in [7, 11) is 0.923. The van der Waals surface area contributed by atoms with Gasteiger partial charge in [0.2, 0.25) is 0 Å². The first kappa shape index (κ1) is 17.8. The van der Waals surface area contributed by atoms with Crippen molar-refractivity contribution in [1.29, 1.82) is 0 Å². The SMILES string of the molecule is COC(=O)c1c(-c2ccc(C(F)(F)F)cc2)cccc1C(F)(F)F. The van der Waals surface area contributed by atoms with E-state index in [2.05, 4.69) is 4.74 Å². The highest BCUT2D eigenvalue weighted by molar-refractivity contribution is 5.99. The second-order valence-electron chi connectivity index (χ2n) is 4.79. The summed E-state index contributed by atoms with van der Waals surface area (Å²) in [6.45, 7) is 0. The molecule has 128 valence electrons. The Morgan fingerprint density at radius 3 is 1.92 bits per heavy atom. The number of methoxy groups -OCH3 is 1. The molecule has 2 aromatic carbocycles. The van der Waals surface area contributed by atoms with E-state index < -0.39 is 35.0 Å². The van der Waals surface area contributed by atoms with Crippen LogP contribution in [0.25, 0.3) is 11.1 Å². The van der Waals surface area contributed by atoms with Gasteiger partial charge in [0.25, 0.3) is 0 Å². The molecule has 0 atom stereocenters. The molecule has 0 radical (unpaired) electrons. The maximum atomic E-state index is 13.1. The molecule has 2 nitrogen and oxygen atoms in total. The van der Waals surface area contributed by atoms with Gasteiger partial charge in [-0.15, -0.1) is 0 Å². The van der Waals surface area contributed by atoms with E-state index in [1.165, 1.54) is 6.07 Å². The summed E-state index contributed by atoms with van der Waals surface area (Å²) in [6.07, 6.45) is -9.39. The highest BCUT2D eigenvalue weighted by Crippen LogP contribution is 2.38. The predicted octanol–water partition coefficient (Wildman–Crippen LogP) is 5.18. The Bertz CT molecular complexity index is 745. The number of alkyl halides is 6. The molecule has 0 saturated heterocycles. The maximum absolute atomic E-state index is 13.1. The molecule has 0 aliphatic rings. The van der Waals surface area contributed by atoms with Crippen molar-refractivity contribution in [2.45, 2.75) is 12.4 Å². The van der Waals surface area contributed by atoms with Crippen LogP contribution < -0.4 is 0 Å². The Morgan fingerprint density at radius 1 is 0.875 bits per heavy atom. The summed E-state index contributed by atoms with van der Waals surface area (Å²) in [5, 5.41) is 0. The molecule has 0 bridgehead atoms. The minimum atomic E-state index is -4.81. The predicted molar refractivity (Wildman–Crippen MR) is 73.2 cm³/mol. The summed E-state index contributed by atoms with van der Waals surface area (Å²) in [4.78, 5) is 11.8. The quantitative estimate of drug-likeness (QED) is 0.552. The molecule has 0 spiro atoms. The zero-order valence-corrected chi connectivity index (χ0v) is 12.1. The highest BCUT2D eigenvalue weighted by atomic mass is 19.4. The van der Waals surface area contributed by atoms with Gasteiger partial charge in [0.05, 0.1) is 23.8 Å². The molecule has 0 aromatic heterocycles. The monoisotopic (exact) mass is 348 g/mol. The Labute approximate surface area is 132 Å². The number of hydrogen-bond donors (Lipinski definition) is 0. The molecule has 2 aromatic rings. The first-order chi connectivity index (χ1) is 11.1. The van der Waals surface area contributed by atoms with E-state index in [1.807, 2.05) is 0 Å². The van der Waals surface area contributed by atoms with Gasteiger partial charge in [0, 0.05) is 0 Å². The fourth-order valence-electron chi connectivity index (χ4n) is 2.19. The standard InChI is InChI=1S/C16H10F6O2/c1-24-14(23)13-11(3-2-4-12(13)16(20,21)22)9-5-7-10(8-6-9)15(17,18)19/h2-8H,1H3. The van der Waals surface area contributed by atoms with Gasteiger partial charge in [-0.3, -0.25) is 0 Å². The third-order valence-electron chi connectivity index (χ3n) is 3.28. The van der Waals surface area contributed by atoms with Crippen LogP contribution in [0.2, 0.25) is 0 Å². The van der Waals surface area contributed by atoms with Gasteiger partial charge in [0.15, 0.2) is 0 Å². The molecule has 0 aliphatic heterocycles. The van der Waals surface area contributed by atoms with E-state index in [9.17, 15) is 31.1 Å². The highest BCUT2D eigenvalue weighted by Gasteiger charge is 2.37. The van der Waals surface area contributed by atoms with Crippen LogP contribution in [0.3, 0.4) is 0 Å². The van der Waals surface area contributed by atoms with Crippen LogP contribution in [0.1, 0.15) is 21.5 Å². The minimum absolute atomic E-state index is 0.0366. The Hall–Kier alpha value is -2.51. The van der Waals surface area contributed by atoms with Crippen molar-refractivity contribution in [3.8, 4) is 11.1 Å². The van der Waals surface area contributed by atoms with Gasteiger partial charge < -0.3 is 4.74 Å². The lowest BCUT2D eigenvalue weighted by Gasteiger charge is -2.16. The first-order valence-corrected chi connectivity index (χ1v) is 6.52. The number of halogens is 6. The van der Waals surface area contributed by atoms with Crippen LogP contribution in [-0.4, -0.2) is 13.1 Å². The van der Waals surface area contributed by atoms with Crippen LogP contribution in [-0.2, 0) is 17.1 Å². The van der Waals surface area contributed by atoms with Crippen molar-refractivity contribution in [2.75, 3.05) is 7.11 Å². The van der Waals surface area contributed by atoms with Crippen molar-refractivity contribution in [3.05, 3.63) is 59.2 Å². The lowest BCUT2D eigenvalue weighted by Crippen LogP contribution is -2.15. The fourth-order valence-corrected chi connectivity index (χ4v) is 2.19. The Morgan fingerprint density at radius 2 is 1.46 bits per heavy atom. The number of ether oxygens (including phenoxy) is 1. The number of carbonyl (C=O) groups excluding carboxylic acids is 1. The normalized spacial score (nSPS) is 12.1. The van der Waals surface area contributed by atoms with Gasteiger partial charge in [0.1, 0.15) is 0 Å². The number of carbonyl (C=O) groups is 1. The maximum Gasteiger partial charge on any atom is 0.417 e. The molecule has 0 heterocycles. The van der Waals surface area contributed by atoms with Crippen LogP contribution in [0.4, 0.5) is 26.3 Å². The first-order valence-electron chi connectivity index (χ1n) is 6.52. The lowest BCUT2D eigenvalue weighted by molar-refractivity contribution is -0.138. The molecule has 0 amide bonds.